The molecule has 1 aliphatic rings. The second kappa shape index (κ2) is 7.21. The Morgan fingerprint density at radius 2 is 2.07 bits per heavy atom. The lowest BCUT2D eigenvalue weighted by atomic mass is 10.2. The van der Waals surface area contributed by atoms with Crippen molar-refractivity contribution in [2.45, 2.75) is 44.8 Å². The van der Waals surface area contributed by atoms with Crippen LogP contribution in [0.4, 0.5) is 0 Å². The van der Waals surface area contributed by atoms with Gasteiger partial charge in [-0.15, -0.1) is 0 Å². The molecule has 0 aromatic rings. The van der Waals surface area contributed by atoms with E-state index in [-0.39, 0.29) is 0 Å². The minimum Gasteiger partial charge on any atom is -0.380 e. The maximum atomic E-state index is 5.42. The molecule has 0 saturated heterocycles. The molecule has 1 aliphatic carbocycles. The summed E-state index contributed by atoms with van der Waals surface area (Å²) < 4.78 is 5.42. The van der Waals surface area contributed by atoms with Gasteiger partial charge >= 0.3 is 0 Å². The highest BCUT2D eigenvalue weighted by Gasteiger charge is 2.25. The summed E-state index contributed by atoms with van der Waals surface area (Å²) in [7, 11) is 1.82. The molecule has 0 aromatic carbocycles. The fraction of sp³-hybridized carbons (Fsp3) is 1.00. The number of ether oxygens (including phenoxy) is 1. The molecule has 1 saturated carbocycles. The second-order valence-electron chi connectivity index (χ2n) is 4.02. The first-order chi connectivity index (χ1) is 6.88. The van der Waals surface area contributed by atoms with Crippen LogP contribution in [0.2, 0.25) is 0 Å². The first kappa shape index (κ1) is 12.0. The van der Waals surface area contributed by atoms with Crippen LogP contribution in [0.5, 0.6) is 0 Å². The van der Waals surface area contributed by atoms with E-state index in [1.807, 2.05) is 7.11 Å². The Labute approximate surface area is 87.6 Å². The predicted molar refractivity (Wildman–Crippen MR) is 59.6 cm³/mol. The lowest BCUT2D eigenvalue weighted by molar-refractivity contribution is 0.0854. The van der Waals surface area contributed by atoms with E-state index in [1.54, 1.807) is 0 Å². The highest BCUT2D eigenvalue weighted by Crippen LogP contribution is 2.20. The first-order valence-corrected chi connectivity index (χ1v) is 5.85. The van der Waals surface area contributed by atoms with Gasteiger partial charge in [0.25, 0.3) is 0 Å². The van der Waals surface area contributed by atoms with Gasteiger partial charge in [0.1, 0.15) is 0 Å². The lowest BCUT2D eigenvalue weighted by Gasteiger charge is -2.19. The van der Waals surface area contributed by atoms with Gasteiger partial charge in [0.05, 0.1) is 6.10 Å². The van der Waals surface area contributed by atoms with E-state index in [4.69, 9.17) is 4.74 Å². The van der Waals surface area contributed by atoms with Crippen molar-refractivity contribution in [1.29, 1.82) is 0 Å². The van der Waals surface area contributed by atoms with Crippen molar-refractivity contribution in [3.05, 3.63) is 0 Å². The van der Waals surface area contributed by atoms with Gasteiger partial charge in [-0.25, -0.2) is 0 Å². The molecular weight excluding hydrogens is 176 g/mol. The number of methoxy groups -OCH3 is 1. The smallest absolute Gasteiger partial charge is 0.0724 e. The molecule has 2 unspecified atom stereocenters. The maximum absolute atomic E-state index is 5.42. The summed E-state index contributed by atoms with van der Waals surface area (Å²) in [5.74, 6) is 0. The summed E-state index contributed by atoms with van der Waals surface area (Å²) in [5.41, 5.74) is 0. The molecule has 1 fully saturated rings. The van der Waals surface area contributed by atoms with Crippen LogP contribution in [-0.2, 0) is 4.74 Å². The van der Waals surface area contributed by atoms with Crippen molar-refractivity contribution in [3.63, 3.8) is 0 Å². The number of nitrogens with one attached hydrogen (secondary N) is 2. The zero-order chi connectivity index (χ0) is 10.2. The Hall–Kier alpha value is -0.120. The molecular formula is C11H24N2O. The molecule has 0 bridgehead atoms. The lowest BCUT2D eigenvalue weighted by Crippen LogP contribution is -2.40. The summed E-state index contributed by atoms with van der Waals surface area (Å²) in [6.45, 7) is 5.45. The van der Waals surface area contributed by atoms with Crippen LogP contribution in [0.15, 0.2) is 0 Å². The van der Waals surface area contributed by atoms with E-state index in [1.165, 1.54) is 25.7 Å². The zero-order valence-corrected chi connectivity index (χ0v) is 9.51. The van der Waals surface area contributed by atoms with Crippen LogP contribution in [0.3, 0.4) is 0 Å². The van der Waals surface area contributed by atoms with Crippen LogP contribution in [0, 0.1) is 0 Å². The van der Waals surface area contributed by atoms with Crippen LogP contribution in [0.1, 0.15) is 32.6 Å². The van der Waals surface area contributed by atoms with Gasteiger partial charge < -0.3 is 15.4 Å². The standard InChI is InChI=1S/C11H24N2O/c1-3-7-12-8-9-13-10-5-4-6-11(10)14-2/h10-13H,3-9H2,1-2H3. The summed E-state index contributed by atoms with van der Waals surface area (Å²) >= 11 is 0. The second-order valence-corrected chi connectivity index (χ2v) is 4.02. The fourth-order valence-corrected chi connectivity index (χ4v) is 2.09. The van der Waals surface area contributed by atoms with Gasteiger partial charge in [-0.1, -0.05) is 6.92 Å². The van der Waals surface area contributed by atoms with E-state index in [0.29, 0.717) is 12.1 Å². The quantitative estimate of drug-likeness (QED) is 0.605. The van der Waals surface area contributed by atoms with Gasteiger partial charge in [-0.3, -0.25) is 0 Å². The van der Waals surface area contributed by atoms with Crippen LogP contribution >= 0.6 is 0 Å². The molecule has 84 valence electrons. The number of hydrogen-bond donors (Lipinski definition) is 2. The van der Waals surface area contributed by atoms with Gasteiger partial charge in [0.2, 0.25) is 0 Å². The normalized spacial score (nSPS) is 27.0. The van der Waals surface area contributed by atoms with E-state index in [9.17, 15) is 0 Å². The molecule has 0 amide bonds. The Bertz CT molecular complexity index is 141. The van der Waals surface area contributed by atoms with Crippen molar-refractivity contribution in [2.75, 3.05) is 26.7 Å². The van der Waals surface area contributed by atoms with E-state index < -0.39 is 0 Å². The van der Waals surface area contributed by atoms with E-state index in [2.05, 4.69) is 17.6 Å². The third kappa shape index (κ3) is 3.95. The van der Waals surface area contributed by atoms with Gasteiger partial charge in [0, 0.05) is 26.2 Å². The monoisotopic (exact) mass is 200 g/mol. The molecule has 3 nitrogen and oxygen atoms in total. The molecule has 1 rings (SSSR count). The SMILES string of the molecule is CCCNCCNC1CCCC1OC. The molecule has 2 N–H and O–H groups in total. The predicted octanol–water partition coefficient (Wildman–Crippen LogP) is 1.14. The molecule has 0 aromatic heterocycles. The minimum atomic E-state index is 0.446. The highest BCUT2D eigenvalue weighted by atomic mass is 16.5. The molecule has 3 heteroatoms. The molecule has 2 atom stereocenters. The van der Waals surface area contributed by atoms with Gasteiger partial charge in [-0.05, 0) is 32.2 Å². The highest BCUT2D eigenvalue weighted by molar-refractivity contribution is 4.83. The summed E-state index contributed by atoms with van der Waals surface area (Å²) in [4.78, 5) is 0. The molecule has 0 heterocycles. The number of rotatable bonds is 7. The van der Waals surface area contributed by atoms with Gasteiger partial charge in [-0.2, -0.15) is 0 Å². The molecule has 0 radical (unpaired) electrons. The topological polar surface area (TPSA) is 33.3 Å². The summed E-state index contributed by atoms with van der Waals surface area (Å²) in [6, 6.07) is 0.587. The van der Waals surface area contributed by atoms with Crippen molar-refractivity contribution in [2.24, 2.45) is 0 Å². The Balaban J connectivity index is 2.00. The maximum Gasteiger partial charge on any atom is 0.0724 e. The van der Waals surface area contributed by atoms with Crippen molar-refractivity contribution >= 4 is 0 Å². The van der Waals surface area contributed by atoms with E-state index >= 15 is 0 Å². The van der Waals surface area contributed by atoms with Crippen molar-refractivity contribution in [1.82, 2.24) is 10.6 Å². The third-order valence-corrected chi connectivity index (χ3v) is 2.89. The van der Waals surface area contributed by atoms with Crippen molar-refractivity contribution in [3.8, 4) is 0 Å². The molecule has 0 spiro atoms. The van der Waals surface area contributed by atoms with Crippen LogP contribution in [-0.4, -0.2) is 38.9 Å². The summed E-state index contributed by atoms with van der Waals surface area (Å²) in [6.07, 6.45) is 5.45. The number of hydrogen-bond acceptors (Lipinski definition) is 3. The molecule has 14 heavy (non-hydrogen) atoms. The van der Waals surface area contributed by atoms with Crippen molar-refractivity contribution < 1.29 is 4.74 Å². The fourth-order valence-electron chi connectivity index (χ4n) is 2.09. The largest absolute Gasteiger partial charge is 0.380 e. The average Bonchev–Trinajstić information content (AvgIpc) is 2.65. The van der Waals surface area contributed by atoms with Gasteiger partial charge in [0.15, 0.2) is 0 Å². The summed E-state index contributed by atoms with van der Waals surface area (Å²) in [5, 5.41) is 6.94. The van der Waals surface area contributed by atoms with Crippen LogP contribution < -0.4 is 10.6 Å². The average molecular weight is 200 g/mol. The minimum absolute atomic E-state index is 0.446. The Kier molecular flexibility index (Phi) is 6.15. The third-order valence-electron chi connectivity index (χ3n) is 2.89. The van der Waals surface area contributed by atoms with E-state index in [0.717, 1.165) is 19.6 Å². The molecule has 0 aliphatic heterocycles. The Morgan fingerprint density at radius 3 is 2.79 bits per heavy atom. The first-order valence-electron chi connectivity index (χ1n) is 5.85. The zero-order valence-electron chi connectivity index (χ0n) is 9.51. The Morgan fingerprint density at radius 1 is 1.21 bits per heavy atom. The van der Waals surface area contributed by atoms with Crippen LogP contribution in [0.25, 0.3) is 0 Å².